The molecule has 0 spiro atoms. The molecule has 1 unspecified atom stereocenters. The number of fused-ring (bicyclic) bond motifs is 1. The van der Waals surface area contributed by atoms with Gasteiger partial charge in [-0.25, -0.2) is 8.78 Å². The summed E-state index contributed by atoms with van der Waals surface area (Å²) < 4.78 is 77.8. The molecule has 9 nitrogen and oxygen atoms in total. The number of aromatic nitrogens is 3. The number of benzene rings is 3. The Kier molecular flexibility index (Phi) is 9.50. The van der Waals surface area contributed by atoms with E-state index in [-0.39, 0.29) is 52.4 Å². The molecule has 1 atom stereocenters. The average Bonchev–Trinajstić information content (AvgIpc) is 3.55. The zero-order valence-electron chi connectivity index (χ0n) is 26.5. The number of piperazine rings is 1. The molecule has 0 bridgehead atoms. The van der Waals surface area contributed by atoms with Crippen molar-refractivity contribution in [1.29, 1.82) is 0 Å². The smallest absolute Gasteiger partial charge is 0.370 e. The summed E-state index contributed by atoms with van der Waals surface area (Å²) in [7, 11) is 1.96. The number of likely N-dealkylation sites (N-methyl/N-ethyl adjacent to an activating group) is 1. The maximum atomic E-state index is 15.7. The lowest BCUT2D eigenvalue weighted by molar-refractivity contribution is -0.137. The SMILES string of the molecule is CN1CCN(c2cc3c(cc2F)c(=O)c(-c2noc(C(CCCC(N)=O)c4ccccc4)n2)cn3Cc2ccc(C(F)(F)F)cc2F)CC1. The molecule has 0 aliphatic carbocycles. The van der Waals surface area contributed by atoms with Crippen LogP contribution in [0.5, 0.6) is 0 Å². The van der Waals surface area contributed by atoms with Crippen LogP contribution in [-0.2, 0) is 17.5 Å². The van der Waals surface area contributed by atoms with Gasteiger partial charge in [0.05, 0.1) is 34.8 Å². The Morgan fingerprint density at radius 2 is 1.73 bits per heavy atom. The number of primary amides is 1. The fourth-order valence-corrected chi connectivity index (χ4v) is 6.10. The van der Waals surface area contributed by atoms with E-state index >= 15 is 8.78 Å². The van der Waals surface area contributed by atoms with Crippen LogP contribution >= 0.6 is 0 Å². The normalized spacial score (nSPS) is 14.8. The summed E-state index contributed by atoms with van der Waals surface area (Å²) in [5.74, 6) is -2.55. The molecule has 1 fully saturated rings. The van der Waals surface area contributed by atoms with Gasteiger partial charge in [0.2, 0.25) is 23.1 Å². The van der Waals surface area contributed by atoms with Crippen molar-refractivity contribution in [3.05, 3.63) is 111 Å². The molecule has 0 saturated carbocycles. The van der Waals surface area contributed by atoms with E-state index in [1.807, 2.05) is 42.3 Å². The first-order chi connectivity index (χ1) is 23.4. The van der Waals surface area contributed by atoms with Gasteiger partial charge in [-0.05, 0) is 49.7 Å². The Morgan fingerprint density at radius 3 is 2.41 bits per heavy atom. The van der Waals surface area contributed by atoms with Crippen molar-refractivity contribution in [2.75, 3.05) is 38.1 Å². The van der Waals surface area contributed by atoms with Crippen molar-refractivity contribution < 1.29 is 31.3 Å². The van der Waals surface area contributed by atoms with Gasteiger partial charge in [-0.3, -0.25) is 9.59 Å². The van der Waals surface area contributed by atoms with Gasteiger partial charge >= 0.3 is 6.18 Å². The molecule has 1 amide bonds. The standard InChI is InChI=1S/C35H33F5N6O3/c1-44-12-14-45(15-13-44)30-18-29-25(17-28(30)37)32(48)26(20-46(29)19-22-10-11-23(16-27(22)36)35(38,39)40)33-42-34(49-43-33)24(8-5-9-31(41)47)21-6-3-2-4-7-21/h2-4,6-7,10-11,16-18,20,24H,5,8-9,12-15,19H2,1H3,(H2,41,47). The van der Waals surface area contributed by atoms with Crippen molar-refractivity contribution in [3.63, 3.8) is 0 Å². The van der Waals surface area contributed by atoms with Crippen molar-refractivity contribution in [2.24, 2.45) is 5.73 Å². The van der Waals surface area contributed by atoms with Gasteiger partial charge in [0, 0.05) is 49.7 Å². The van der Waals surface area contributed by atoms with Crippen LogP contribution in [0.15, 0.2) is 76.2 Å². The van der Waals surface area contributed by atoms with Crippen molar-refractivity contribution in [3.8, 4) is 11.4 Å². The predicted molar refractivity (Wildman–Crippen MR) is 173 cm³/mol. The van der Waals surface area contributed by atoms with Gasteiger partial charge in [0.15, 0.2) is 0 Å². The molecule has 2 aromatic heterocycles. The van der Waals surface area contributed by atoms with E-state index in [1.54, 1.807) is 0 Å². The highest BCUT2D eigenvalue weighted by atomic mass is 19.4. The van der Waals surface area contributed by atoms with E-state index in [0.29, 0.717) is 45.1 Å². The predicted octanol–water partition coefficient (Wildman–Crippen LogP) is 5.94. The van der Waals surface area contributed by atoms with Gasteiger partial charge in [0.1, 0.15) is 11.6 Å². The highest BCUT2D eigenvalue weighted by Crippen LogP contribution is 2.33. The fraction of sp³-hybridized carbons (Fsp3) is 0.314. The summed E-state index contributed by atoms with van der Waals surface area (Å²) in [5.41, 5.74) is 4.76. The number of carbonyl (C=O) groups is 1. The molecule has 1 aliphatic rings. The maximum absolute atomic E-state index is 15.7. The number of nitrogens with two attached hydrogens (primary N) is 1. The van der Waals surface area contributed by atoms with E-state index in [9.17, 15) is 22.8 Å². The molecule has 1 aliphatic heterocycles. The third-order valence-corrected chi connectivity index (χ3v) is 8.81. The summed E-state index contributed by atoms with van der Waals surface area (Å²) in [6.45, 7) is 2.15. The lowest BCUT2D eigenvalue weighted by Crippen LogP contribution is -2.44. The number of carbonyl (C=O) groups excluding carboxylic acids is 1. The van der Waals surface area contributed by atoms with Gasteiger partial charge in [-0.2, -0.15) is 18.2 Å². The zero-order chi connectivity index (χ0) is 34.9. The van der Waals surface area contributed by atoms with E-state index in [0.717, 1.165) is 23.8 Å². The molecule has 256 valence electrons. The molecule has 3 aromatic carbocycles. The number of hydrogen-bond acceptors (Lipinski definition) is 7. The lowest BCUT2D eigenvalue weighted by Gasteiger charge is -2.34. The van der Waals surface area contributed by atoms with Crippen LogP contribution in [0.3, 0.4) is 0 Å². The molecule has 6 rings (SSSR count). The number of anilines is 1. The third-order valence-electron chi connectivity index (χ3n) is 8.81. The third kappa shape index (κ3) is 7.33. The Morgan fingerprint density at radius 1 is 1.00 bits per heavy atom. The summed E-state index contributed by atoms with van der Waals surface area (Å²) in [6.07, 6.45) is -2.35. The molecule has 3 heterocycles. The number of nitrogens with zero attached hydrogens (tertiary/aromatic N) is 5. The van der Waals surface area contributed by atoms with Crippen LogP contribution in [0, 0.1) is 11.6 Å². The molecule has 1 saturated heterocycles. The molecule has 0 radical (unpaired) electrons. The van der Waals surface area contributed by atoms with E-state index in [1.165, 1.54) is 16.8 Å². The van der Waals surface area contributed by atoms with Crippen LogP contribution in [0.25, 0.3) is 22.3 Å². The second-order valence-electron chi connectivity index (χ2n) is 12.2. The first-order valence-electron chi connectivity index (χ1n) is 15.7. The van der Waals surface area contributed by atoms with E-state index in [2.05, 4.69) is 15.0 Å². The molecular weight excluding hydrogens is 647 g/mol. The van der Waals surface area contributed by atoms with Crippen LogP contribution in [0.2, 0.25) is 0 Å². The van der Waals surface area contributed by atoms with Crippen LogP contribution in [0.1, 0.15) is 47.8 Å². The van der Waals surface area contributed by atoms with Gasteiger partial charge in [0.25, 0.3) is 0 Å². The minimum absolute atomic E-state index is 0.0485. The quantitative estimate of drug-likeness (QED) is 0.182. The molecule has 2 N–H and O–H groups in total. The minimum Gasteiger partial charge on any atom is -0.370 e. The second kappa shape index (κ2) is 13.8. The van der Waals surface area contributed by atoms with Crippen LogP contribution < -0.4 is 16.1 Å². The van der Waals surface area contributed by atoms with Crippen LogP contribution in [-0.4, -0.2) is 58.7 Å². The van der Waals surface area contributed by atoms with E-state index in [4.69, 9.17) is 10.3 Å². The number of hydrogen-bond donors (Lipinski definition) is 1. The number of rotatable bonds is 10. The summed E-state index contributed by atoms with van der Waals surface area (Å²) >= 11 is 0. The van der Waals surface area contributed by atoms with Crippen molar-refractivity contribution in [1.82, 2.24) is 19.6 Å². The highest BCUT2D eigenvalue weighted by molar-refractivity contribution is 5.86. The van der Waals surface area contributed by atoms with Gasteiger partial charge in [-0.1, -0.05) is 41.6 Å². The van der Waals surface area contributed by atoms with Crippen molar-refractivity contribution in [2.45, 2.75) is 37.9 Å². The first-order valence-corrected chi connectivity index (χ1v) is 15.7. The van der Waals surface area contributed by atoms with Gasteiger partial charge in [-0.15, -0.1) is 0 Å². The number of alkyl halides is 3. The largest absolute Gasteiger partial charge is 0.416 e. The van der Waals surface area contributed by atoms with E-state index < -0.39 is 40.6 Å². The maximum Gasteiger partial charge on any atom is 0.416 e. The Hall–Kier alpha value is -5.11. The fourth-order valence-electron chi connectivity index (χ4n) is 6.10. The molecular formula is C35H33F5N6O3. The number of halogens is 5. The first kappa shape index (κ1) is 33.8. The Bertz CT molecular complexity index is 2040. The Labute approximate surface area is 277 Å². The number of pyridine rings is 1. The average molecular weight is 681 g/mol. The summed E-state index contributed by atoms with van der Waals surface area (Å²) in [4.78, 5) is 33.9. The lowest BCUT2D eigenvalue weighted by atomic mass is 9.93. The Balaban J connectivity index is 1.46. The summed E-state index contributed by atoms with van der Waals surface area (Å²) in [5, 5.41) is 4.02. The topological polar surface area (TPSA) is 110 Å². The highest BCUT2D eigenvalue weighted by Gasteiger charge is 2.31. The number of amides is 1. The van der Waals surface area contributed by atoms with Crippen LogP contribution in [0.4, 0.5) is 27.6 Å². The molecule has 14 heteroatoms. The summed E-state index contributed by atoms with van der Waals surface area (Å²) in [6, 6.07) is 14.1. The molecule has 49 heavy (non-hydrogen) atoms. The minimum atomic E-state index is -4.74. The monoisotopic (exact) mass is 680 g/mol. The zero-order valence-corrected chi connectivity index (χ0v) is 26.5. The van der Waals surface area contributed by atoms with Crippen molar-refractivity contribution >= 4 is 22.5 Å². The molecule has 5 aromatic rings. The van der Waals surface area contributed by atoms with Gasteiger partial charge < -0.3 is 24.6 Å². The second-order valence-corrected chi connectivity index (χ2v) is 12.2.